The molecule has 0 unspecified atom stereocenters. The lowest BCUT2D eigenvalue weighted by Crippen LogP contribution is -1.98. The number of ether oxygens (including phenoxy) is 1. The van der Waals surface area contributed by atoms with Crippen LogP contribution in [0.1, 0.15) is 6.92 Å². The van der Waals surface area contributed by atoms with Crippen LogP contribution in [0.2, 0.25) is 0 Å². The van der Waals surface area contributed by atoms with Crippen molar-refractivity contribution in [1.82, 2.24) is 4.98 Å². The van der Waals surface area contributed by atoms with Crippen LogP contribution in [-0.4, -0.2) is 11.6 Å². The molecule has 5 heteroatoms. The Hall–Kier alpha value is -0.290. The van der Waals surface area contributed by atoms with Gasteiger partial charge >= 0.3 is 0 Å². The van der Waals surface area contributed by atoms with Crippen molar-refractivity contribution in [3.05, 3.63) is 15.1 Å². The molecule has 0 saturated heterocycles. The highest BCUT2D eigenvalue weighted by molar-refractivity contribution is 9.11. The maximum atomic E-state index is 5.70. The van der Waals surface area contributed by atoms with E-state index in [4.69, 9.17) is 10.5 Å². The van der Waals surface area contributed by atoms with Gasteiger partial charge in [-0.1, -0.05) is 0 Å². The number of anilines is 1. The molecule has 0 spiro atoms. The normalized spacial score (nSPS) is 9.92. The van der Waals surface area contributed by atoms with Gasteiger partial charge in [-0.05, 0) is 38.8 Å². The quantitative estimate of drug-likeness (QED) is 0.912. The van der Waals surface area contributed by atoms with Gasteiger partial charge in [0.25, 0.3) is 0 Å². The Morgan fingerprint density at radius 1 is 1.58 bits per heavy atom. The molecule has 0 aromatic carbocycles. The van der Waals surface area contributed by atoms with Crippen molar-refractivity contribution in [1.29, 1.82) is 0 Å². The molecule has 1 rings (SSSR count). The highest BCUT2D eigenvalue weighted by atomic mass is 79.9. The van der Waals surface area contributed by atoms with Gasteiger partial charge in [0.2, 0.25) is 5.88 Å². The molecule has 1 heterocycles. The predicted octanol–water partition coefficient (Wildman–Crippen LogP) is 2.59. The molecule has 1 aromatic heterocycles. The summed E-state index contributed by atoms with van der Waals surface area (Å²) in [6, 6.07) is 0. The van der Waals surface area contributed by atoms with Gasteiger partial charge in [-0.2, -0.15) is 0 Å². The number of hydrogen-bond donors (Lipinski definition) is 1. The Kier molecular flexibility index (Phi) is 3.34. The maximum Gasteiger partial charge on any atom is 0.230 e. The van der Waals surface area contributed by atoms with Gasteiger partial charge in [-0.3, -0.25) is 0 Å². The molecule has 0 aliphatic rings. The third-order valence-electron chi connectivity index (χ3n) is 1.26. The van der Waals surface area contributed by atoms with Crippen molar-refractivity contribution in [2.24, 2.45) is 0 Å². The minimum Gasteiger partial charge on any atom is -0.477 e. The summed E-state index contributed by atoms with van der Waals surface area (Å²) >= 11 is 6.55. The summed E-state index contributed by atoms with van der Waals surface area (Å²) in [4.78, 5) is 4.03. The number of aromatic nitrogens is 1. The van der Waals surface area contributed by atoms with E-state index in [9.17, 15) is 0 Å². The fourth-order valence-corrected chi connectivity index (χ4v) is 1.70. The van der Waals surface area contributed by atoms with Gasteiger partial charge in [-0.25, -0.2) is 4.98 Å². The van der Waals surface area contributed by atoms with Gasteiger partial charge < -0.3 is 10.5 Å². The van der Waals surface area contributed by atoms with E-state index in [-0.39, 0.29) is 0 Å². The van der Waals surface area contributed by atoms with E-state index in [0.717, 1.165) is 4.47 Å². The van der Waals surface area contributed by atoms with Gasteiger partial charge in [0, 0.05) is 6.20 Å². The molecule has 0 fully saturated rings. The number of hydrogen-bond acceptors (Lipinski definition) is 3. The molecule has 12 heavy (non-hydrogen) atoms. The van der Waals surface area contributed by atoms with Crippen LogP contribution in [0.4, 0.5) is 5.69 Å². The summed E-state index contributed by atoms with van der Waals surface area (Å²) in [7, 11) is 0. The third-order valence-corrected chi connectivity index (χ3v) is 2.66. The zero-order valence-electron chi connectivity index (χ0n) is 6.47. The fraction of sp³-hybridized carbons (Fsp3) is 0.286. The molecule has 1 aromatic rings. The van der Waals surface area contributed by atoms with Gasteiger partial charge in [-0.15, -0.1) is 0 Å². The van der Waals surface area contributed by atoms with Gasteiger partial charge in [0.1, 0.15) is 4.47 Å². The van der Waals surface area contributed by atoms with E-state index < -0.39 is 0 Å². The maximum absolute atomic E-state index is 5.70. The number of halogens is 2. The number of pyridine rings is 1. The summed E-state index contributed by atoms with van der Waals surface area (Å²) in [6.07, 6.45) is 1.62. The highest BCUT2D eigenvalue weighted by Gasteiger charge is 2.08. The molecular formula is C7H8Br2N2O. The zero-order valence-corrected chi connectivity index (χ0v) is 9.65. The van der Waals surface area contributed by atoms with E-state index in [1.807, 2.05) is 6.92 Å². The molecule has 0 radical (unpaired) electrons. The molecule has 0 bridgehead atoms. The first-order chi connectivity index (χ1) is 5.66. The van der Waals surface area contributed by atoms with E-state index in [0.29, 0.717) is 22.6 Å². The van der Waals surface area contributed by atoms with Crippen LogP contribution in [0.25, 0.3) is 0 Å². The minimum absolute atomic E-state index is 0.526. The van der Waals surface area contributed by atoms with E-state index in [2.05, 4.69) is 36.8 Å². The first-order valence-corrected chi connectivity index (χ1v) is 4.97. The standard InChI is InChI=1S/C7H8Br2N2O/c1-2-12-7-5(9)6(10)4(8)3-11-7/h3H,2H2,1H3,(H2,10,11). The van der Waals surface area contributed by atoms with Crippen molar-refractivity contribution in [3.63, 3.8) is 0 Å². The van der Waals surface area contributed by atoms with Crippen LogP contribution in [0, 0.1) is 0 Å². The van der Waals surface area contributed by atoms with Crippen molar-refractivity contribution in [2.75, 3.05) is 12.3 Å². The Morgan fingerprint density at radius 2 is 2.25 bits per heavy atom. The lowest BCUT2D eigenvalue weighted by Gasteiger charge is -2.06. The van der Waals surface area contributed by atoms with Crippen LogP contribution in [0.3, 0.4) is 0 Å². The Morgan fingerprint density at radius 3 is 2.83 bits per heavy atom. The van der Waals surface area contributed by atoms with E-state index in [1.54, 1.807) is 6.20 Å². The minimum atomic E-state index is 0.526. The Balaban J connectivity index is 3.08. The second-order valence-corrected chi connectivity index (χ2v) is 3.72. The second kappa shape index (κ2) is 4.09. The third kappa shape index (κ3) is 1.90. The largest absolute Gasteiger partial charge is 0.477 e. The van der Waals surface area contributed by atoms with Crippen molar-refractivity contribution in [2.45, 2.75) is 6.92 Å². The number of nitrogen functional groups attached to an aromatic ring is 1. The van der Waals surface area contributed by atoms with Crippen molar-refractivity contribution >= 4 is 37.5 Å². The topological polar surface area (TPSA) is 48.1 Å². The molecule has 0 amide bonds. The molecule has 0 aliphatic carbocycles. The molecule has 0 aliphatic heterocycles. The lowest BCUT2D eigenvalue weighted by molar-refractivity contribution is 0.325. The average Bonchev–Trinajstić information content (AvgIpc) is 2.07. The van der Waals surface area contributed by atoms with E-state index in [1.165, 1.54) is 0 Å². The zero-order chi connectivity index (χ0) is 9.14. The van der Waals surface area contributed by atoms with E-state index >= 15 is 0 Å². The van der Waals surface area contributed by atoms with Crippen LogP contribution >= 0.6 is 31.9 Å². The average molecular weight is 296 g/mol. The molecule has 66 valence electrons. The van der Waals surface area contributed by atoms with Crippen LogP contribution in [-0.2, 0) is 0 Å². The summed E-state index contributed by atoms with van der Waals surface area (Å²) in [5.41, 5.74) is 6.30. The Labute approximate surface area is 87.6 Å². The lowest BCUT2D eigenvalue weighted by atomic mass is 10.4. The van der Waals surface area contributed by atoms with Crippen LogP contribution in [0.15, 0.2) is 15.1 Å². The summed E-state index contributed by atoms with van der Waals surface area (Å²) < 4.78 is 6.67. The molecule has 2 N–H and O–H groups in total. The highest BCUT2D eigenvalue weighted by Crippen LogP contribution is 2.33. The number of nitrogens with zero attached hydrogens (tertiary/aromatic N) is 1. The second-order valence-electron chi connectivity index (χ2n) is 2.07. The summed E-state index contributed by atoms with van der Waals surface area (Å²) in [5.74, 6) is 0.526. The van der Waals surface area contributed by atoms with Crippen molar-refractivity contribution in [3.8, 4) is 5.88 Å². The Bertz CT molecular complexity index is 291. The SMILES string of the molecule is CCOc1ncc(Br)c(N)c1Br. The monoisotopic (exact) mass is 294 g/mol. The smallest absolute Gasteiger partial charge is 0.230 e. The van der Waals surface area contributed by atoms with Gasteiger partial charge in [0.15, 0.2) is 0 Å². The first kappa shape index (κ1) is 9.80. The van der Waals surface area contributed by atoms with Crippen LogP contribution < -0.4 is 10.5 Å². The predicted molar refractivity (Wildman–Crippen MR) is 55.2 cm³/mol. The summed E-state index contributed by atoms with van der Waals surface area (Å²) in [5, 5.41) is 0. The van der Waals surface area contributed by atoms with Crippen LogP contribution in [0.5, 0.6) is 5.88 Å². The number of nitrogens with two attached hydrogens (primary N) is 1. The fourth-order valence-electron chi connectivity index (χ4n) is 0.699. The molecule has 0 atom stereocenters. The molecule has 0 saturated carbocycles. The number of rotatable bonds is 2. The first-order valence-electron chi connectivity index (χ1n) is 3.39. The van der Waals surface area contributed by atoms with Gasteiger partial charge in [0.05, 0.1) is 16.8 Å². The summed E-state index contributed by atoms with van der Waals surface area (Å²) in [6.45, 7) is 2.47. The molecular weight excluding hydrogens is 288 g/mol. The molecule has 3 nitrogen and oxygen atoms in total. The van der Waals surface area contributed by atoms with Crippen molar-refractivity contribution < 1.29 is 4.74 Å².